The highest BCUT2D eigenvalue weighted by molar-refractivity contribution is 5.55. The lowest BCUT2D eigenvalue weighted by atomic mass is 10.1. The summed E-state index contributed by atoms with van der Waals surface area (Å²) in [5.74, 6) is 2.93. The van der Waals surface area contributed by atoms with Crippen molar-refractivity contribution in [1.82, 2.24) is 4.90 Å². The first kappa shape index (κ1) is 18.9. The molecule has 0 saturated heterocycles. The van der Waals surface area contributed by atoms with Crippen LogP contribution in [0.15, 0.2) is 36.4 Å². The number of likely N-dealkylation sites (N-methyl/N-ethyl adjacent to an activating group) is 1. The van der Waals surface area contributed by atoms with Crippen LogP contribution in [0.5, 0.6) is 23.0 Å². The number of hydrogen-bond donors (Lipinski definition) is 0. The average molecular weight is 345 g/mol. The molecule has 0 aliphatic heterocycles. The fourth-order valence-electron chi connectivity index (χ4n) is 2.83. The van der Waals surface area contributed by atoms with Gasteiger partial charge in [0.15, 0.2) is 11.5 Å². The van der Waals surface area contributed by atoms with E-state index in [2.05, 4.69) is 24.1 Å². The fourth-order valence-corrected chi connectivity index (χ4v) is 2.83. The molecule has 0 aliphatic rings. The largest absolute Gasteiger partial charge is 0.497 e. The highest BCUT2D eigenvalue weighted by Crippen LogP contribution is 2.39. The summed E-state index contributed by atoms with van der Waals surface area (Å²) in [5.41, 5.74) is 2.32. The monoisotopic (exact) mass is 345 g/mol. The SMILES string of the molecule is COc1cccc(CN(C)CCc2ccc(OC)c(OC)c2OC)c1. The van der Waals surface area contributed by atoms with Gasteiger partial charge in [-0.05, 0) is 42.8 Å². The molecule has 2 aromatic carbocycles. The minimum Gasteiger partial charge on any atom is -0.497 e. The minimum absolute atomic E-state index is 0.637. The van der Waals surface area contributed by atoms with Crippen LogP contribution < -0.4 is 18.9 Å². The second kappa shape index (κ2) is 9.18. The number of nitrogens with zero attached hydrogens (tertiary/aromatic N) is 1. The molecule has 136 valence electrons. The summed E-state index contributed by atoms with van der Waals surface area (Å²) in [4.78, 5) is 2.27. The van der Waals surface area contributed by atoms with Crippen LogP contribution in [0, 0.1) is 0 Å². The summed E-state index contributed by atoms with van der Waals surface area (Å²) in [6, 6.07) is 12.1. The smallest absolute Gasteiger partial charge is 0.203 e. The van der Waals surface area contributed by atoms with Gasteiger partial charge in [-0.25, -0.2) is 0 Å². The van der Waals surface area contributed by atoms with Gasteiger partial charge in [0, 0.05) is 13.1 Å². The van der Waals surface area contributed by atoms with Gasteiger partial charge in [-0.3, -0.25) is 0 Å². The molecule has 0 atom stereocenters. The second-order valence-corrected chi connectivity index (χ2v) is 5.83. The molecular weight excluding hydrogens is 318 g/mol. The Morgan fingerprint density at radius 2 is 1.60 bits per heavy atom. The van der Waals surface area contributed by atoms with Gasteiger partial charge in [0.25, 0.3) is 0 Å². The fraction of sp³-hybridized carbons (Fsp3) is 0.400. The Hall–Kier alpha value is -2.40. The first-order valence-electron chi connectivity index (χ1n) is 8.22. The predicted molar refractivity (Wildman–Crippen MR) is 99.1 cm³/mol. The van der Waals surface area contributed by atoms with Gasteiger partial charge in [0.2, 0.25) is 5.75 Å². The molecule has 0 N–H and O–H groups in total. The first-order valence-corrected chi connectivity index (χ1v) is 8.22. The van der Waals surface area contributed by atoms with E-state index in [0.717, 1.165) is 36.6 Å². The Morgan fingerprint density at radius 1 is 0.840 bits per heavy atom. The van der Waals surface area contributed by atoms with Crippen molar-refractivity contribution in [2.45, 2.75) is 13.0 Å². The molecule has 2 aromatic rings. The average Bonchev–Trinajstić information content (AvgIpc) is 2.65. The van der Waals surface area contributed by atoms with E-state index in [1.54, 1.807) is 28.4 Å². The topological polar surface area (TPSA) is 40.2 Å². The summed E-state index contributed by atoms with van der Waals surface area (Å²) in [7, 11) is 8.69. The standard InChI is InChI=1S/C20H27NO4/c1-21(14-15-7-6-8-17(13-15)22-2)12-11-16-9-10-18(23-3)20(25-5)19(16)24-4/h6-10,13H,11-12,14H2,1-5H3. The van der Waals surface area contributed by atoms with Crippen molar-refractivity contribution in [3.8, 4) is 23.0 Å². The quantitative estimate of drug-likeness (QED) is 0.697. The first-order chi connectivity index (χ1) is 12.1. The summed E-state index contributed by atoms with van der Waals surface area (Å²) < 4.78 is 21.6. The molecule has 0 spiro atoms. The third-order valence-electron chi connectivity index (χ3n) is 4.14. The molecule has 0 aromatic heterocycles. The second-order valence-electron chi connectivity index (χ2n) is 5.83. The van der Waals surface area contributed by atoms with Crippen molar-refractivity contribution >= 4 is 0 Å². The molecular formula is C20H27NO4. The van der Waals surface area contributed by atoms with Crippen molar-refractivity contribution in [2.75, 3.05) is 42.0 Å². The van der Waals surface area contributed by atoms with Gasteiger partial charge in [-0.1, -0.05) is 18.2 Å². The maximum absolute atomic E-state index is 5.55. The zero-order chi connectivity index (χ0) is 18.2. The van der Waals surface area contributed by atoms with Crippen molar-refractivity contribution in [2.24, 2.45) is 0 Å². The Morgan fingerprint density at radius 3 is 2.24 bits per heavy atom. The zero-order valence-electron chi connectivity index (χ0n) is 15.7. The molecule has 25 heavy (non-hydrogen) atoms. The molecule has 0 heterocycles. The zero-order valence-corrected chi connectivity index (χ0v) is 15.7. The molecule has 0 unspecified atom stereocenters. The number of hydrogen-bond acceptors (Lipinski definition) is 5. The number of methoxy groups -OCH3 is 4. The lowest BCUT2D eigenvalue weighted by molar-refractivity contribution is 0.313. The lowest BCUT2D eigenvalue weighted by Gasteiger charge is -2.19. The van der Waals surface area contributed by atoms with E-state index in [0.29, 0.717) is 11.5 Å². The van der Waals surface area contributed by atoms with E-state index >= 15 is 0 Å². The molecule has 5 heteroatoms. The molecule has 0 saturated carbocycles. The Bertz CT molecular complexity index is 687. The van der Waals surface area contributed by atoms with Gasteiger partial charge >= 0.3 is 0 Å². The Balaban J connectivity index is 2.04. The maximum Gasteiger partial charge on any atom is 0.203 e. The minimum atomic E-state index is 0.637. The van der Waals surface area contributed by atoms with Gasteiger partial charge < -0.3 is 23.8 Å². The van der Waals surface area contributed by atoms with Gasteiger partial charge in [0.1, 0.15) is 5.75 Å². The highest BCUT2D eigenvalue weighted by Gasteiger charge is 2.16. The van der Waals surface area contributed by atoms with Gasteiger partial charge in [-0.2, -0.15) is 0 Å². The van der Waals surface area contributed by atoms with E-state index in [9.17, 15) is 0 Å². The van der Waals surface area contributed by atoms with Gasteiger partial charge in [-0.15, -0.1) is 0 Å². The van der Waals surface area contributed by atoms with Crippen molar-refractivity contribution < 1.29 is 18.9 Å². The number of rotatable bonds is 9. The molecule has 0 fully saturated rings. The molecule has 0 bridgehead atoms. The third-order valence-corrected chi connectivity index (χ3v) is 4.14. The van der Waals surface area contributed by atoms with Crippen LogP contribution in [0.3, 0.4) is 0 Å². The molecule has 2 rings (SSSR count). The van der Waals surface area contributed by atoms with Crippen LogP contribution in [0.2, 0.25) is 0 Å². The summed E-state index contributed by atoms with van der Waals surface area (Å²) in [5, 5.41) is 0. The van der Waals surface area contributed by atoms with E-state index < -0.39 is 0 Å². The maximum atomic E-state index is 5.55. The van der Waals surface area contributed by atoms with Crippen LogP contribution in [0.25, 0.3) is 0 Å². The molecule has 0 radical (unpaired) electrons. The Kier molecular flexibility index (Phi) is 6.95. The number of benzene rings is 2. The number of ether oxygens (including phenoxy) is 4. The van der Waals surface area contributed by atoms with Crippen molar-refractivity contribution in [3.63, 3.8) is 0 Å². The third kappa shape index (κ3) is 4.79. The highest BCUT2D eigenvalue weighted by atomic mass is 16.5. The summed E-state index contributed by atoms with van der Waals surface area (Å²) in [6.07, 6.45) is 0.851. The van der Waals surface area contributed by atoms with Crippen LogP contribution in [-0.2, 0) is 13.0 Å². The van der Waals surface area contributed by atoms with Crippen molar-refractivity contribution in [3.05, 3.63) is 47.5 Å². The van der Waals surface area contributed by atoms with Gasteiger partial charge in [0.05, 0.1) is 28.4 Å². The summed E-state index contributed by atoms with van der Waals surface area (Å²) >= 11 is 0. The predicted octanol–water partition coefficient (Wildman–Crippen LogP) is 3.40. The molecule has 0 aliphatic carbocycles. The van der Waals surface area contributed by atoms with Crippen LogP contribution in [-0.4, -0.2) is 46.9 Å². The molecule has 5 nitrogen and oxygen atoms in total. The van der Waals surface area contributed by atoms with Crippen LogP contribution >= 0.6 is 0 Å². The van der Waals surface area contributed by atoms with E-state index in [1.165, 1.54) is 5.56 Å². The molecule has 0 amide bonds. The lowest BCUT2D eigenvalue weighted by Crippen LogP contribution is -2.21. The Labute approximate surface area is 150 Å². The normalized spacial score (nSPS) is 10.6. The van der Waals surface area contributed by atoms with E-state index in [4.69, 9.17) is 18.9 Å². The summed E-state index contributed by atoms with van der Waals surface area (Å²) in [6.45, 7) is 1.75. The van der Waals surface area contributed by atoms with Crippen molar-refractivity contribution in [1.29, 1.82) is 0 Å². The van der Waals surface area contributed by atoms with E-state index in [1.807, 2.05) is 24.3 Å². The van der Waals surface area contributed by atoms with Crippen LogP contribution in [0.1, 0.15) is 11.1 Å². The van der Waals surface area contributed by atoms with Crippen LogP contribution in [0.4, 0.5) is 0 Å². The van der Waals surface area contributed by atoms with E-state index in [-0.39, 0.29) is 0 Å².